The van der Waals surface area contributed by atoms with Gasteiger partial charge in [-0.3, -0.25) is 19.2 Å². The molecule has 1 aliphatic heterocycles. The summed E-state index contributed by atoms with van der Waals surface area (Å²) in [6, 6.07) is 2.01. The van der Waals surface area contributed by atoms with Gasteiger partial charge in [0.1, 0.15) is 17.9 Å². The number of hydrogen-bond donors (Lipinski definition) is 3. The average Bonchev–Trinajstić information content (AvgIpc) is 3.86. The smallest absolute Gasteiger partial charge is 0.327 e. The summed E-state index contributed by atoms with van der Waals surface area (Å²) in [5, 5.41) is 7.59. The van der Waals surface area contributed by atoms with Crippen molar-refractivity contribution in [1.29, 1.82) is 0 Å². The first-order chi connectivity index (χ1) is 20.4. The molecular formula is C31H44F3N5O4. The van der Waals surface area contributed by atoms with Gasteiger partial charge in [0.05, 0.1) is 5.69 Å². The number of amides is 4. The molecule has 3 aliphatic rings. The number of hydrogen-bond acceptors (Lipinski definition) is 5. The van der Waals surface area contributed by atoms with Gasteiger partial charge in [-0.15, -0.1) is 0 Å². The predicted octanol–water partition coefficient (Wildman–Crippen LogP) is 3.65. The van der Waals surface area contributed by atoms with Gasteiger partial charge in [-0.05, 0) is 56.3 Å². The van der Waals surface area contributed by atoms with Crippen LogP contribution in [-0.2, 0) is 19.2 Å². The van der Waals surface area contributed by atoms with Crippen LogP contribution in [-0.4, -0.2) is 84.7 Å². The molecule has 4 amide bonds. The molecule has 0 spiro atoms. The first-order valence-corrected chi connectivity index (χ1v) is 15.5. The number of nitrogens with zero attached hydrogens (tertiary/aromatic N) is 2. The fourth-order valence-corrected chi connectivity index (χ4v) is 5.95. The second-order valence-electron chi connectivity index (χ2n) is 12.3. The molecule has 1 saturated heterocycles. The number of carbonyl (C=O) groups is 4. The van der Waals surface area contributed by atoms with Crippen LogP contribution in [0.3, 0.4) is 0 Å². The van der Waals surface area contributed by atoms with E-state index < -0.39 is 47.5 Å². The van der Waals surface area contributed by atoms with E-state index in [1.807, 2.05) is 7.05 Å². The molecular weight excluding hydrogens is 563 g/mol. The van der Waals surface area contributed by atoms with Crippen LogP contribution in [0.2, 0.25) is 0 Å². The van der Waals surface area contributed by atoms with Gasteiger partial charge in [0.2, 0.25) is 17.7 Å². The lowest BCUT2D eigenvalue weighted by Crippen LogP contribution is -2.55. The van der Waals surface area contributed by atoms with E-state index >= 15 is 4.39 Å². The molecule has 4 rings (SSSR count). The van der Waals surface area contributed by atoms with Crippen LogP contribution >= 0.6 is 0 Å². The minimum atomic E-state index is -3.55. The Kier molecular flexibility index (Phi) is 10.7. The molecule has 0 radical (unpaired) electrons. The van der Waals surface area contributed by atoms with Crippen LogP contribution < -0.4 is 16.0 Å². The highest BCUT2D eigenvalue weighted by Gasteiger charge is 2.53. The lowest BCUT2D eigenvalue weighted by atomic mass is 9.83. The summed E-state index contributed by atoms with van der Waals surface area (Å²) < 4.78 is 44.4. The quantitative estimate of drug-likeness (QED) is 0.356. The predicted molar refractivity (Wildman–Crippen MR) is 156 cm³/mol. The second-order valence-corrected chi connectivity index (χ2v) is 12.3. The normalized spacial score (nSPS) is 20.6. The summed E-state index contributed by atoms with van der Waals surface area (Å²) >= 11 is 0. The number of piperazine rings is 1. The Morgan fingerprint density at radius 1 is 0.977 bits per heavy atom. The molecule has 2 aliphatic carbocycles. The van der Waals surface area contributed by atoms with Gasteiger partial charge in [0.25, 0.3) is 5.91 Å². The summed E-state index contributed by atoms with van der Waals surface area (Å²) in [5.41, 5.74) is 0.282. The lowest BCUT2D eigenvalue weighted by Gasteiger charge is -2.36. The molecule has 9 nitrogen and oxygen atoms in total. The van der Waals surface area contributed by atoms with Gasteiger partial charge in [-0.25, -0.2) is 4.39 Å². The van der Waals surface area contributed by atoms with E-state index in [1.54, 1.807) is 24.8 Å². The Hall–Kier alpha value is -3.15. The number of benzene rings is 1. The van der Waals surface area contributed by atoms with E-state index in [9.17, 15) is 28.0 Å². The number of nitrogens with one attached hydrogen (secondary N) is 3. The topological polar surface area (TPSA) is 111 Å². The average molecular weight is 608 g/mol. The van der Waals surface area contributed by atoms with Crippen LogP contribution in [0.5, 0.6) is 0 Å². The van der Waals surface area contributed by atoms with Crippen molar-refractivity contribution in [3.8, 4) is 0 Å². The molecule has 1 aromatic carbocycles. The Balaban J connectivity index is 1.49. The fourth-order valence-electron chi connectivity index (χ4n) is 5.95. The molecule has 1 heterocycles. The first kappa shape index (κ1) is 32.8. The van der Waals surface area contributed by atoms with Crippen LogP contribution in [0.1, 0.15) is 76.7 Å². The van der Waals surface area contributed by atoms with Gasteiger partial charge in [-0.1, -0.05) is 39.2 Å². The van der Waals surface area contributed by atoms with E-state index in [4.69, 9.17) is 0 Å². The Labute approximate surface area is 251 Å². The first-order valence-electron chi connectivity index (χ1n) is 15.5. The zero-order chi connectivity index (χ0) is 31.3. The minimum absolute atomic E-state index is 0.163. The molecule has 3 atom stereocenters. The highest BCUT2D eigenvalue weighted by Crippen LogP contribution is 2.43. The number of likely N-dealkylation sites (N-methyl/N-ethyl adjacent to an activating group) is 1. The molecule has 238 valence electrons. The van der Waals surface area contributed by atoms with Gasteiger partial charge >= 0.3 is 5.92 Å². The van der Waals surface area contributed by atoms with Crippen molar-refractivity contribution in [1.82, 2.24) is 20.4 Å². The van der Waals surface area contributed by atoms with Crippen molar-refractivity contribution in [3.05, 3.63) is 29.6 Å². The third-order valence-corrected chi connectivity index (χ3v) is 9.08. The minimum Gasteiger partial charge on any atom is -0.344 e. The maximum absolute atomic E-state index is 15.4. The van der Waals surface area contributed by atoms with Crippen molar-refractivity contribution in [3.63, 3.8) is 0 Å². The molecule has 1 aromatic rings. The maximum atomic E-state index is 15.4. The van der Waals surface area contributed by atoms with E-state index in [-0.39, 0.29) is 42.7 Å². The maximum Gasteiger partial charge on any atom is 0.327 e. The van der Waals surface area contributed by atoms with Crippen LogP contribution in [0.25, 0.3) is 0 Å². The van der Waals surface area contributed by atoms with Crippen molar-refractivity contribution in [2.75, 3.05) is 38.5 Å². The zero-order valence-corrected chi connectivity index (χ0v) is 25.3. The van der Waals surface area contributed by atoms with E-state index in [1.165, 1.54) is 12.1 Å². The monoisotopic (exact) mass is 607 g/mol. The van der Waals surface area contributed by atoms with Crippen LogP contribution in [0, 0.1) is 17.7 Å². The SMILES string of the molecule is CCC(=O)N[C@@H](C(=O)N1CCN(C)CC1)[C@@H](C)c1ccc(NC(=O)[C@@H](NC(=O)C(F)(F)C2CC2)C2CCCCC2)c(F)c1. The summed E-state index contributed by atoms with van der Waals surface area (Å²) in [6.07, 6.45) is 4.49. The lowest BCUT2D eigenvalue weighted by molar-refractivity contribution is -0.151. The standard InChI is InChI=1S/C31H44F3N5O4/c1-4-25(40)36-26(29(42)39-16-14-38(3)15-17-39)19(2)21-10-13-24(23(32)18-21)35-28(41)27(20-8-6-5-7-9-20)37-30(43)31(33,34)22-11-12-22/h10,13,18-20,22,26-27H,4-9,11-12,14-17H2,1-3H3,(H,35,41)(H,36,40)(H,37,43)/t19-,26+,27-/m0/s1. The molecule has 0 bridgehead atoms. The largest absolute Gasteiger partial charge is 0.344 e. The Bertz CT molecular complexity index is 1180. The summed E-state index contributed by atoms with van der Waals surface area (Å²) in [6.45, 7) is 5.87. The van der Waals surface area contributed by atoms with Gasteiger partial charge in [-0.2, -0.15) is 8.78 Å². The number of carbonyl (C=O) groups excluding carboxylic acids is 4. The number of anilines is 1. The summed E-state index contributed by atoms with van der Waals surface area (Å²) in [7, 11) is 1.97. The molecule has 2 saturated carbocycles. The fraction of sp³-hybridized carbons (Fsp3) is 0.677. The molecule has 3 N–H and O–H groups in total. The zero-order valence-electron chi connectivity index (χ0n) is 25.3. The van der Waals surface area contributed by atoms with Crippen molar-refractivity contribution in [2.45, 2.75) is 89.1 Å². The number of alkyl halides is 2. The molecule has 0 unspecified atom stereocenters. The molecule has 43 heavy (non-hydrogen) atoms. The van der Waals surface area contributed by atoms with Crippen LogP contribution in [0.4, 0.5) is 18.9 Å². The highest BCUT2D eigenvalue weighted by atomic mass is 19.3. The molecule has 0 aromatic heterocycles. The number of rotatable bonds is 11. The summed E-state index contributed by atoms with van der Waals surface area (Å²) in [5.74, 6) is -9.01. The van der Waals surface area contributed by atoms with E-state index in [0.717, 1.165) is 19.3 Å². The number of halogens is 3. The third kappa shape index (κ3) is 8.07. The van der Waals surface area contributed by atoms with E-state index in [0.29, 0.717) is 44.6 Å². The van der Waals surface area contributed by atoms with Gasteiger partial charge in [0, 0.05) is 44.4 Å². The van der Waals surface area contributed by atoms with Crippen molar-refractivity contribution < 1.29 is 32.3 Å². The van der Waals surface area contributed by atoms with Gasteiger partial charge in [0.15, 0.2) is 0 Å². The highest BCUT2D eigenvalue weighted by molar-refractivity contribution is 5.98. The third-order valence-electron chi connectivity index (χ3n) is 9.08. The molecule has 12 heteroatoms. The summed E-state index contributed by atoms with van der Waals surface area (Å²) in [4.78, 5) is 55.4. The second kappa shape index (κ2) is 14.1. The Morgan fingerprint density at radius 2 is 1.63 bits per heavy atom. The van der Waals surface area contributed by atoms with Crippen molar-refractivity contribution >= 4 is 29.3 Å². The van der Waals surface area contributed by atoms with Crippen molar-refractivity contribution in [2.24, 2.45) is 11.8 Å². The molecule has 3 fully saturated rings. The van der Waals surface area contributed by atoms with E-state index in [2.05, 4.69) is 20.9 Å². The van der Waals surface area contributed by atoms with Gasteiger partial charge < -0.3 is 25.8 Å². The van der Waals surface area contributed by atoms with Crippen LogP contribution in [0.15, 0.2) is 18.2 Å². The Morgan fingerprint density at radius 3 is 2.21 bits per heavy atom.